The third-order valence-corrected chi connectivity index (χ3v) is 6.25. The highest BCUT2D eigenvalue weighted by molar-refractivity contribution is 8.05. The zero-order chi connectivity index (χ0) is 18.4. The van der Waals surface area contributed by atoms with E-state index in [0.29, 0.717) is 17.5 Å². The molecule has 2 atom stereocenters. The molecule has 2 unspecified atom stereocenters. The normalized spacial score (nSPS) is 27.3. The molecule has 0 radical (unpaired) electrons. The highest BCUT2D eigenvalue weighted by atomic mass is 32.2. The summed E-state index contributed by atoms with van der Waals surface area (Å²) >= 11 is 1.39. The Morgan fingerprint density at radius 1 is 1.42 bits per heavy atom. The number of likely N-dealkylation sites (tertiary alicyclic amines) is 1. The maximum Gasteiger partial charge on any atom is 0.283 e. The van der Waals surface area contributed by atoms with E-state index in [4.69, 9.17) is 0 Å². The number of carbonyl (C=O) groups excluding carboxylic acids is 2. The molecule has 1 aliphatic carbocycles. The predicted molar refractivity (Wildman–Crippen MR) is 107 cm³/mol. The van der Waals surface area contributed by atoms with Gasteiger partial charge in [0.1, 0.15) is 0 Å². The van der Waals surface area contributed by atoms with E-state index in [-0.39, 0.29) is 17.1 Å². The number of allylic oxidation sites excluding steroid dienone is 3. The minimum absolute atomic E-state index is 0.0295. The SMILES string of the molecule is CCC1CCCCN1CCCNC(=O)/C=C1\SC2C=CC=CC2=NC1=O. The van der Waals surface area contributed by atoms with Crippen molar-refractivity contribution in [1.82, 2.24) is 10.2 Å². The Morgan fingerprint density at radius 3 is 3.15 bits per heavy atom. The lowest BCUT2D eigenvalue weighted by molar-refractivity contribution is -0.117. The average molecular weight is 374 g/mol. The first-order valence-electron chi connectivity index (χ1n) is 9.55. The van der Waals surface area contributed by atoms with Gasteiger partial charge in [-0.05, 0) is 38.3 Å². The second kappa shape index (κ2) is 9.33. The quantitative estimate of drug-likeness (QED) is 0.574. The van der Waals surface area contributed by atoms with Crippen molar-refractivity contribution in [2.45, 2.75) is 50.3 Å². The van der Waals surface area contributed by atoms with Crippen LogP contribution in [0.25, 0.3) is 0 Å². The first-order chi connectivity index (χ1) is 12.7. The van der Waals surface area contributed by atoms with Crippen LogP contribution in [0, 0.1) is 0 Å². The van der Waals surface area contributed by atoms with Crippen molar-refractivity contribution < 1.29 is 9.59 Å². The molecule has 0 aromatic rings. The molecular weight excluding hydrogens is 346 g/mol. The van der Waals surface area contributed by atoms with Gasteiger partial charge in [0.25, 0.3) is 5.91 Å². The van der Waals surface area contributed by atoms with Gasteiger partial charge in [-0.25, -0.2) is 4.99 Å². The Labute approximate surface area is 159 Å². The zero-order valence-electron chi connectivity index (χ0n) is 15.3. The summed E-state index contributed by atoms with van der Waals surface area (Å²) in [5.41, 5.74) is 0.757. The number of nitrogens with zero attached hydrogens (tertiary/aromatic N) is 2. The molecule has 0 aromatic carbocycles. The number of carbonyl (C=O) groups is 2. The number of rotatable bonds is 6. The van der Waals surface area contributed by atoms with Gasteiger partial charge in [-0.15, -0.1) is 11.8 Å². The predicted octanol–water partition coefficient (Wildman–Crippen LogP) is 2.85. The van der Waals surface area contributed by atoms with E-state index >= 15 is 0 Å². The third-order valence-electron chi connectivity index (χ3n) is 5.05. The first-order valence-corrected chi connectivity index (χ1v) is 10.4. The van der Waals surface area contributed by atoms with Gasteiger partial charge in [0.2, 0.25) is 5.91 Å². The largest absolute Gasteiger partial charge is 0.352 e. The lowest BCUT2D eigenvalue weighted by atomic mass is 10.00. The van der Waals surface area contributed by atoms with E-state index in [1.165, 1.54) is 50.1 Å². The zero-order valence-corrected chi connectivity index (χ0v) is 16.1. The van der Waals surface area contributed by atoms with Gasteiger partial charge in [0.15, 0.2) is 0 Å². The molecule has 0 saturated carbocycles. The molecule has 2 amide bonds. The Kier molecular flexibility index (Phi) is 6.86. The van der Waals surface area contributed by atoms with E-state index in [1.54, 1.807) is 0 Å². The number of thioether (sulfide) groups is 1. The van der Waals surface area contributed by atoms with Gasteiger partial charge in [-0.2, -0.15) is 0 Å². The number of hydrogen-bond acceptors (Lipinski definition) is 4. The van der Waals surface area contributed by atoms with Crippen molar-refractivity contribution >= 4 is 29.3 Å². The van der Waals surface area contributed by atoms with Gasteiger partial charge in [0, 0.05) is 25.2 Å². The van der Waals surface area contributed by atoms with Crippen molar-refractivity contribution in [2.24, 2.45) is 4.99 Å². The summed E-state index contributed by atoms with van der Waals surface area (Å²) < 4.78 is 0. The molecule has 2 aliphatic heterocycles. The number of hydrogen-bond donors (Lipinski definition) is 1. The van der Waals surface area contributed by atoms with Gasteiger partial charge in [0.05, 0.1) is 15.9 Å². The molecule has 3 aliphatic rings. The second-order valence-corrected chi connectivity index (χ2v) is 8.05. The van der Waals surface area contributed by atoms with Crippen LogP contribution in [0.5, 0.6) is 0 Å². The van der Waals surface area contributed by atoms with Gasteiger partial charge in [-0.3, -0.25) is 9.59 Å². The van der Waals surface area contributed by atoms with Crippen molar-refractivity contribution in [3.8, 4) is 0 Å². The fourth-order valence-corrected chi connectivity index (χ4v) is 4.67. The summed E-state index contributed by atoms with van der Waals surface area (Å²) in [4.78, 5) is 31.3. The van der Waals surface area contributed by atoms with Crippen LogP contribution in [-0.2, 0) is 9.59 Å². The summed E-state index contributed by atoms with van der Waals surface area (Å²) in [6.45, 7) is 5.08. The smallest absolute Gasteiger partial charge is 0.283 e. The number of fused-ring (bicyclic) bond motifs is 1. The molecule has 140 valence electrons. The molecule has 0 spiro atoms. The summed E-state index contributed by atoms with van der Waals surface area (Å²) in [6.07, 6.45) is 15.1. The van der Waals surface area contributed by atoms with Crippen molar-refractivity contribution in [3.63, 3.8) is 0 Å². The Hall–Kier alpha value is -1.66. The van der Waals surface area contributed by atoms with E-state index in [2.05, 4.69) is 22.1 Å². The fraction of sp³-hybridized carbons (Fsp3) is 0.550. The van der Waals surface area contributed by atoms with Crippen molar-refractivity contribution in [2.75, 3.05) is 19.6 Å². The molecule has 0 bridgehead atoms. The van der Waals surface area contributed by atoms with Crippen LogP contribution >= 0.6 is 11.8 Å². The lowest BCUT2D eigenvalue weighted by Gasteiger charge is -2.35. The summed E-state index contributed by atoms with van der Waals surface area (Å²) in [7, 11) is 0. The Bertz CT molecular complexity index is 666. The number of nitrogens with one attached hydrogen (secondary N) is 1. The van der Waals surface area contributed by atoms with E-state index in [0.717, 1.165) is 18.7 Å². The molecule has 5 nitrogen and oxygen atoms in total. The highest BCUT2D eigenvalue weighted by Crippen LogP contribution is 2.31. The van der Waals surface area contributed by atoms with Crippen LogP contribution in [0.1, 0.15) is 39.0 Å². The summed E-state index contributed by atoms with van der Waals surface area (Å²) in [5, 5.41) is 2.94. The molecule has 3 rings (SSSR count). The van der Waals surface area contributed by atoms with Gasteiger partial charge in [-0.1, -0.05) is 31.6 Å². The van der Waals surface area contributed by atoms with Crippen LogP contribution in [0.3, 0.4) is 0 Å². The van der Waals surface area contributed by atoms with E-state index in [9.17, 15) is 9.59 Å². The van der Waals surface area contributed by atoms with Crippen molar-refractivity contribution in [1.29, 1.82) is 0 Å². The van der Waals surface area contributed by atoms with Crippen LogP contribution in [0.2, 0.25) is 0 Å². The first kappa shape index (κ1) is 19.1. The summed E-state index contributed by atoms with van der Waals surface area (Å²) in [5.74, 6) is -0.532. The molecular formula is C20H27N3O2S. The van der Waals surface area contributed by atoms with Crippen LogP contribution in [0.4, 0.5) is 0 Å². The number of piperidine rings is 1. The van der Waals surface area contributed by atoms with Gasteiger partial charge < -0.3 is 10.2 Å². The molecule has 1 saturated heterocycles. The maximum absolute atomic E-state index is 12.1. The Balaban J connectivity index is 1.44. The van der Waals surface area contributed by atoms with Crippen LogP contribution in [-0.4, -0.2) is 53.4 Å². The molecule has 6 heteroatoms. The number of amides is 2. The third kappa shape index (κ3) is 4.95. The monoisotopic (exact) mass is 373 g/mol. The minimum Gasteiger partial charge on any atom is -0.352 e. The molecule has 2 heterocycles. The average Bonchev–Trinajstić information content (AvgIpc) is 2.66. The minimum atomic E-state index is -0.324. The van der Waals surface area contributed by atoms with E-state index in [1.807, 2.05) is 24.3 Å². The number of aliphatic imine (C=N–C) groups is 1. The topological polar surface area (TPSA) is 61.8 Å². The summed E-state index contributed by atoms with van der Waals surface area (Å²) in [6, 6.07) is 0.697. The van der Waals surface area contributed by atoms with Crippen molar-refractivity contribution in [3.05, 3.63) is 35.3 Å². The van der Waals surface area contributed by atoms with Crippen LogP contribution in [0.15, 0.2) is 40.3 Å². The second-order valence-electron chi connectivity index (χ2n) is 6.87. The van der Waals surface area contributed by atoms with Crippen LogP contribution < -0.4 is 5.32 Å². The molecule has 1 fully saturated rings. The Morgan fingerprint density at radius 2 is 2.31 bits per heavy atom. The highest BCUT2D eigenvalue weighted by Gasteiger charge is 2.26. The molecule has 1 N–H and O–H groups in total. The fourth-order valence-electron chi connectivity index (χ4n) is 3.65. The molecule has 0 aromatic heterocycles. The standard InChI is InChI=1S/C20H27N3O2S/c1-2-15-8-5-6-12-23(15)13-7-11-21-19(24)14-18-20(25)22-16-9-3-4-10-17(16)26-18/h3-4,9-10,14-15,17H,2,5-8,11-13H2,1H3,(H,21,24)/b18-14-. The van der Waals surface area contributed by atoms with Gasteiger partial charge >= 0.3 is 0 Å². The maximum atomic E-state index is 12.1. The van der Waals surface area contributed by atoms with E-state index < -0.39 is 0 Å². The lowest BCUT2D eigenvalue weighted by Crippen LogP contribution is -2.40. The molecule has 26 heavy (non-hydrogen) atoms.